The molecule has 2 aromatic carbocycles. The number of carbonyl (C=O) groups excluding carboxylic acids is 2. The number of hydrogen-bond donors (Lipinski definition) is 1. The van der Waals surface area contributed by atoms with E-state index in [0.717, 1.165) is 23.3 Å². The van der Waals surface area contributed by atoms with Crippen LogP contribution in [0.25, 0.3) is 0 Å². The first-order valence-corrected chi connectivity index (χ1v) is 7.98. The molecule has 1 N–H and O–H groups in total. The lowest BCUT2D eigenvalue weighted by Crippen LogP contribution is -2.24. The molecule has 144 valence electrons. The Morgan fingerprint density at radius 1 is 1.04 bits per heavy atom. The Labute approximate surface area is 154 Å². The average molecular weight is 381 g/mol. The molecule has 8 heteroatoms. The Kier molecular flexibility index (Phi) is 6.44. The van der Waals surface area contributed by atoms with Gasteiger partial charge in [-0.1, -0.05) is 23.8 Å². The van der Waals surface area contributed by atoms with Gasteiger partial charge in [-0.3, -0.25) is 4.79 Å². The Hall–Kier alpha value is -3.03. The van der Waals surface area contributed by atoms with Gasteiger partial charge < -0.3 is 14.8 Å². The molecule has 2 rings (SSSR count). The Bertz CT molecular complexity index is 834. The highest BCUT2D eigenvalue weighted by molar-refractivity contribution is 5.92. The summed E-state index contributed by atoms with van der Waals surface area (Å²) in [7, 11) is 0. The van der Waals surface area contributed by atoms with Crippen molar-refractivity contribution in [3.63, 3.8) is 0 Å². The largest absolute Gasteiger partial charge is 0.482 e. The van der Waals surface area contributed by atoms with Crippen molar-refractivity contribution < 1.29 is 32.2 Å². The molecule has 0 bridgehead atoms. The van der Waals surface area contributed by atoms with Crippen molar-refractivity contribution in [2.45, 2.75) is 20.0 Å². The van der Waals surface area contributed by atoms with Crippen LogP contribution in [-0.2, 0) is 20.5 Å². The molecule has 5 nitrogen and oxygen atoms in total. The molecule has 0 unspecified atom stereocenters. The number of hydrogen-bond acceptors (Lipinski definition) is 4. The number of anilines is 1. The van der Waals surface area contributed by atoms with Crippen LogP contribution in [-0.4, -0.2) is 25.1 Å². The molecule has 0 spiro atoms. The van der Waals surface area contributed by atoms with Gasteiger partial charge in [0.05, 0.1) is 5.56 Å². The predicted octanol–water partition coefficient (Wildman–Crippen LogP) is 3.88. The van der Waals surface area contributed by atoms with E-state index in [-0.39, 0.29) is 12.3 Å². The number of alkyl halides is 3. The smallest absolute Gasteiger partial charge is 0.416 e. The molecular weight excluding hydrogens is 363 g/mol. The Balaban J connectivity index is 1.80. The molecule has 0 saturated carbocycles. The van der Waals surface area contributed by atoms with Crippen molar-refractivity contribution >= 4 is 17.6 Å². The third-order valence-electron chi connectivity index (χ3n) is 3.51. The molecule has 0 saturated heterocycles. The number of halogens is 3. The minimum Gasteiger partial charge on any atom is -0.482 e. The topological polar surface area (TPSA) is 64.6 Å². The minimum absolute atomic E-state index is 0.0441. The van der Waals surface area contributed by atoms with E-state index >= 15 is 0 Å². The number of rotatable bonds is 6. The van der Waals surface area contributed by atoms with E-state index < -0.39 is 30.2 Å². The van der Waals surface area contributed by atoms with Gasteiger partial charge in [-0.05, 0) is 43.7 Å². The lowest BCUT2D eigenvalue weighted by Gasteiger charge is -2.11. The van der Waals surface area contributed by atoms with Gasteiger partial charge >= 0.3 is 12.1 Å². The molecule has 0 aliphatic heterocycles. The molecule has 0 aliphatic rings. The fraction of sp³-hybridized carbons (Fsp3) is 0.263. The standard InChI is InChI=1S/C19H18F3NO4/c1-12-6-7-16(13(2)8-12)26-11-18(25)27-10-17(24)23-15-5-3-4-14(9-15)19(20,21)22/h3-9H,10-11H2,1-2H3,(H,23,24). The summed E-state index contributed by atoms with van der Waals surface area (Å²) in [4.78, 5) is 23.4. The van der Waals surface area contributed by atoms with Crippen LogP contribution in [0.2, 0.25) is 0 Å². The zero-order valence-electron chi connectivity index (χ0n) is 14.7. The molecule has 0 fully saturated rings. The molecule has 0 heterocycles. The van der Waals surface area contributed by atoms with Crippen molar-refractivity contribution in [3.05, 3.63) is 59.2 Å². The quantitative estimate of drug-likeness (QED) is 0.772. The van der Waals surface area contributed by atoms with Crippen LogP contribution < -0.4 is 10.1 Å². The lowest BCUT2D eigenvalue weighted by atomic mass is 10.1. The molecule has 0 aromatic heterocycles. The predicted molar refractivity (Wildman–Crippen MR) is 92.4 cm³/mol. The zero-order chi connectivity index (χ0) is 20.0. The SMILES string of the molecule is Cc1ccc(OCC(=O)OCC(=O)Nc2cccc(C(F)(F)F)c2)c(C)c1. The van der Waals surface area contributed by atoms with Crippen LogP contribution in [0.5, 0.6) is 5.75 Å². The van der Waals surface area contributed by atoms with Crippen LogP contribution in [0, 0.1) is 13.8 Å². The number of ether oxygens (including phenoxy) is 2. The maximum Gasteiger partial charge on any atom is 0.416 e. The van der Waals surface area contributed by atoms with E-state index in [1.54, 1.807) is 6.07 Å². The first-order valence-electron chi connectivity index (χ1n) is 7.98. The summed E-state index contributed by atoms with van der Waals surface area (Å²) >= 11 is 0. The zero-order valence-corrected chi connectivity index (χ0v) is 14.7. The van der Waals surface area contributed by atoms with E-state index in [1.165, 1.54) is 12.1 Å². The Morgan fingerprint density at radius 3 is 2.44 bits per heavy atom. The summed E-state index contributed by atoms with van der Waals surface area (Å²) < 4.78 is 48.0. The van der Waals surface area contributed by atoms with E-state index in [1.807, 2.05) is 26.0 Å². The number of esters is 1. The number of carbonyl (C=O) groups is 2. The highest BCUT2D eigenvalue weighted by Crippen LogP contribution is 2.30. The highest BCUT2D eigenvalue weighted by Gasteiger charge is 2.30. The highest BCUT2D eigenvalue weighted by atomic mass is 19.4. The van der Waals surface area contributed by atoms with Gasteiger partial charge in [0.25, 0.3) is 5.91 Å². The maximum atomic E-state index is 12.6. The van der Waals surface area contributed by atoms with Crippen molar-refractivity contribution in [1.82, 2.24) is 0 Å². The molecule has 27 heavy (non-hydrogen) atoms. The van der Waals surface area contributed by atoms with E-state index in [9.17, 15) is 22.8 Å². The summed E-state index contributed by atoms with van der Waals surface area (Å²) in [6, 6.07) is 9.60. The van der Waals surface area contributed by atoms with Gasteiger partial charge in [0, 0.05) is 5.69 Å². The average Bonchev–Trinajstić information content (AvgIpc) is 2.58. The summed E-state index contributed by atoms with van der Waals surface area (Å²) in [5.74, 6) is -1.01. The third-order valence-corrected chi connectivity index (χ3v) is 3.51. The first kappa shape index (κ1) is 20.3. The molecule has 2 aromatic rings. The minimum atomic E-state index is -4.52. The van der Waals surface area contributed by atoms with E-state index in [4.69, 9.17) is 9.47 Å². The van der Waals surface area contributed by atoms with Gasteiger partial charge in [0.15, 0.2) is 13.2 Å². The first-order chi connectivity index (χ1) is 12.6. The van der Waals surface area contributed by atoms with Gasteiger partial charge in [-0.15, -0.1) is 0 Å². The fourth-order valence-corrected chi connectivity index (χ4v) is 2.26. The second-order valence-corrected chi connectivity index (χ2v) is 5.85. The molecule has 1 amide bonds. The number of amides is 1. The molecular formula is C19H18F3NO4. The van der Waals surface area contributed by atoms with Crippen molar-refractivity contribution in [2.24, 2.45) is 0 Å². The van der Waals surface area contributed by atoms with Crippen LogP contribution in [0.1, 0.15) is 16.7 Å². The summed E-state index contributed by atoms with van der Waals surface area (Å²) in [5, 5.41) is 2.24. The molecule has 0 aliphatic carbocycles. The van der Waals surface area contributed by atoms with E-state index in [0.29, 0.717) is 5.75 Å². The monoisotopic (exact) mass is 381 g/mol. The maximum absolute atomic E-state index is 12.6. The van der Waals surface area contributed by atoms with Crippen molar-refractivity contribution in [3.8, 4) is 5.75 Å². The number of aryl methyl sites for hydroxylation is 2. The van der Waals surface area contributed by atoms with Gasteiger partial charge in [-0.25, -0.2) is 4.79 Å². The fourth-order valence-electron chi connectivity index (χ4n) is 2.26. The summed E-state index contributed by atoms with van der Waals surface area (Å²) in [5.41, 5.74) is 0.968. The van der Waals surface area contributed by atoms with Crippen LogP contribution in [0.3, 0.4) is 0 Å². The molecule has 0 atom stereocenters. The van der Waals surface area contributed by atoms with Crippen molar-refractivity contribution in [2.75, 3.05) is 18.5 Å². The Morgan fingerprint density at radius 2 is 1.78 bits per heavy atom. The number of nitrogens with one attached hydrogen (secondary N) is 1. The second kappa shape index (κ2) is 8.57. The van der Waals surface area contributed by atoms with Crippen molar-refractivity contribution in [1.29, 1.82) is 0 Å². The van der Waals surface area contributed by atoms with E-state index in [2.05, 4.69) is 5.32 Å². The van der Waals surface area contributed by atoms with Crippen LogP contribution >= 0.6 is 0 Å². The normalized spacial score (nSPS) is 11.0. The lowest BCUT2D eigenvalue weighted by molar-refractivity contribution is -0.149. The number of benzene rings is 2. The molecule has 0 radical (unpaired) electrons. The summed E-state index contributed by atoms with van der Waals surface area (Å²) in [6.07, 6.45) is -4.52. The summed E-state index contributed by atoms with van der Waals surface area (Å²) in [6.45, 7) is 2.73. The third kappa shape index (κ3) is 6.32. The van der Waals surface area contributed by atoms with Crippen LogP contribution in [0.15, 0.2) is 42.5 Å². The van der Waals surface area contributed by atoms with Gasteiger partial charge in [-0.2, -0.15) is 13.2 Å². The second-order valence-electron chi connectivity index (χ2n) is 5.85. The van der Waals surface area contributed by atoms with Gasteiger partial charge in [0.1, 0.15) is 5.75 Å². The van der Waals surface area contributed by atoms with Gasteiger partial charge in [0.2, 0.25) is 0 Å². The van der Waals surface area contributed by atoms with Crippen LogP contribution in [0.4, 0.5) is 18.9 Å².